The summed E-state index contributed by atoms with van der Waals surface area (Å²) in [4.78, 5) is 12.2. The highest BCUT2D eigenvalue weighted by Crippen LogP contribution is 2.31. The van der Waals surface area contributed by atoms with E-state index in [1.54, 1.807) is 6.07 Å². The molecule has 1 aliphatic carbocycles. The van der Waals surface area contributed by atoms with Crippen molar-refractivity contribution < 1.29 is 9.90 Å². The first kappa shape index (κ1) is 14.1. The Labute approximate surface area is 128 Å². The Bertz CT molecular complexity index is 671. The number of amides is 1. The number of nitrogens with one attached hydrogen (secondary N) is 1. The number of hydrogen-bond acceptors (Lipinski definition) is 2. The molecule has 1 amide bonds. The molecule has 0 unspecified atom stereocenters. The van der Waals surface area contributed by atoms with Crippen LogP contribution in [0.2, 0.25) is 5.02 Å². The van der Waals surface area contributed by atoms with Crippen LogP contribution in [-0.4, -0.2) is 17.1 Å². The van der Waals surface area contributed by atoms with Crippen molar-refractivity contribution in [3.63, 3.8) is 0 Å². The van der Waals surface area contributed by atoms with Crippen molar-refractivity contribution in [3.8, 4) is 0 Å². The van der Waals surface area contributed by atoms with Gasteiger partial charge >= 0.3 is 0 Å². The molecule has 0 heterocycles. The first-order valence-corrected chi connectivity index (χ1v) is 7.31. The van der Waals surface area contributed by atoms with Crippen LogP contribution in [0, 0.1) is 0 Å². The van der Waals surface area contributed by atoms with E-state index in [2.05, 4.69) is 5.32 Å². The molecule has 3 nitrogen and oxygen atoms in total. The maximum absolute atomic E-state index is 12.2. The monoisotopic (exact) mass is 301 g/mol. The molecule has 21 heavy (non-hydrogen) atoms. The molecule has 0 aromatic heterocycles. The molecule has 0 aliphatic heterocycles. The fourth-order valence-electron chi connectivity index (χ4n) is 2.79. The van der Waals surface area contributed by atoms with Gasteiger partial charge in [0.1, 0.15) is 0 Å². The molecule has 0 bridgehead atoms. The third-order valence-corrected chi connectivity index (χ3v) is 4.20. The second kappa shape index (κ2) is 5.88. The number of aliphatic hydroxyl groups excluding tert-OH is 1. The third kappa shape index (κ3) is 2.94. The van der Waals surface area contributed by atoms with Crippen molar-refractivity contribution >= 4 is 17.5 Å². The molecule has 0 spiro atoms. The van der Waals surface area contributed by atoms with Gasteiger partial charge in [-0.2, -0.15) is 0 Å². The molecule has 0 radical (unpaired) electrons. The lowest BCUT2D eigenvalue weighted by Gasteiger charge is -2.18. The van der Waals surface area contributed by atoms with Gasteiger partial charge in [0.25, 0.3) is 0 Å². The Balaban J connectivity index is 1.72. The zero-order valence-electron chi connectivity index (χ0n) is 11.4. The van der Waals surface area contributed by atoms with Crippen molar-refractivity contribution in [3.05, 3.63) is 70.2 Å². The lowest BCUT2D eigenvalue weighted by atomic mass is 10.1. The van der Waals surface area contributed by atoms with E-state index in [9.17, 15) is 9.90 Å². The molecule has 2 aromatic carbocycles. The number of benzene rings is 2. The summed E-state index contributed by atoms with van der Waals surface area (Å²) in [6.45, 7) is 0. The minimum absolute atomic E-state index is 0.135. The van der Waals surface area contributed by atoms with Crippen molar-refractivity contribution in [2.24, 2.45) is 0 Å². The Morgan fingerprint density at radius 3 is 2.71 bits per heavy atom. The minimum atomic E-state index is -0.572. The van der Waals surface area contributed by atoms with Gasteiger partial charge in [0.15, 0.2) is 0 Å². The number of carbonyl (C=O) groups excluding carboxylic acids is 1. The quantitative estimate of drug-likeness (QED) is 0.915. The van der Waals surface area contributed by atoms with Gasteiger partial charge in [-0.15, -0.1) is 0 Å². The summed E-state index contributed by atoms with van der Waals surface area (Å²) in [5, 5.41) is 13.6. The summed E-state index contributed by atoms with van der Waals surface area (Å²) in [6.07, 6.45) is 0.218. The predicted molar refractivity (Wildman–Crippen MR) is 82.2 cm³/mol. The van der Waals surface area contributed by atoms with Crippen molar-refractivity contribution in [2.75, 3.05) is 0 Å². The topological polar surface area (TPSA) is 49.3 Å². The van der Waals surface area contributed by atoms with Crippen LogP contribution in [0.4, 0.5) is 0 Å². The second-order valence-electron chi connectivity index (χ2n) is 5.28. The van der Waals surface area contributed by atoms with Gasteiger partial charge in [-0.3, -0.25) is 4.79 Å². The molecule has 1 aliphatic rings. The fourth-order valence-corrected chi connectivity index (χ4v) is 2.99. The van der Waals surface area contributed by atoms with E-state index < -0.39 is 6.10 Å². The number of fused-ring (bicyclic) bond motifs is 1. The molecular weight excluding hydrogens is 286 g/mol. The summed E-state index contributed by atoms with van der Waals surface area (Å²) >= 11 is 6.07. The zero-order valence-corrected chi connectivity index (χ0v) is 12.2. The van der Waals surface area contributed by atoms with E-state index in [0.29, 0.717) is 11.4 Å². The van der Waals surface area contributed by atoms with Gasteiger partial charge in [0.2, 0.25) is 5.91 Å². The van der Waals surface area contributed by atoms with Crippen molar-refractivity contribution in [1.82, 2.24) is 5.32 Å². The summed E-state index contributed by atoms with van der Waals surface area (Å²) in [6, 6.07) is 14.8. The summed E-state index contributed by atoms with van der Waals surface area (Å²) in [7, 11) is 0. The highest BCUT2D eigenvalue weighted by atomic mass is 35.5. The summed E-state index contributed by atoms with van der Waals surface area (Å²) in [5.41, 5.74) is 2.88. The van der Waals surface area contributed by atoms with E-state index >= 15 is 0 Å². The lowest BCUT2D eigenvalue weighted by Crippen LogP contribution is -2.34. The number of carbonyl (C=O) groups is 1. The molecule has 0 fully saturated rings. The Hall–Kier alpha value is -1.84. The fraction of sp³-hybridized carbons (Fsp3) is 0.235. The van der Waals surface area contributed by atoms with Gasteiger partial charge < -0.3 is 10.4 Å². The van der Waals surface area contributed by atoms with Gasteiger partial charge in [0.05, 0.1) is 18.6 Å². The Kier molecular flexibility index (Phi) is 3.95. The van der Waals surface area contributed by atoms with Crippen molar-refractivity contribution in [1.29, 1.82) is 0 Å². The SMILES string of the molecule is O=C(Cc1ccccc1Cl)N[C@@H]1c2ccccc2C[C@@H]1O. The summed E-state index contributed by atoms with van der Waals surface area (Å²) in [5.74, 6) is -0.135. The van der Waals surface area contributed by atoms with Crippen LogP contribution < -0.4 is 5.32 Å². The van der Waals surface area contributed by atoms with Crippen molar-refractivity contribution in [2.45, 2.75) is 25.0 Å². The van der Waals surface area contributed by atoms with E-state index in [-0.39, 0.29) is 18.4 Å². The van der Waals surface area contributed by atoms with Gasteiger partial charge in [0, 0.05) is 11.4 Å². The van der Waals surface area contributed by atoms with E-state index in [0.717, 1.165) is 16.7 Å². The predicted octanol–water partition coefficient (Wildman–Crippen LogP) is 2.66. The van der Waals surface area contributed by atoms with Gasteiger partial charge in [-0.25, -0.2) is 0 Å². The van der Waals surface area contributed by atoms with Crippen LogP contribution in [-0.2, 0) is 17.6 Å². The Morgan fingerprint density at radius 2 is 1.90 bits per heavy atom. The van der Waals surface area contributed by atoms with Crippen LogP contribution >= 0.6 is 11.6 Å². The zero-order chi connectivity index (χ0) is 14.8. The smallest absolute Gasteiger partial charge is 0.225 e. The molecule has 0 saturated heterocycles. The number of hydrogen-bond donors (Lipinski definition) is 2. The highest BCUT2D eigenvalue weighted by Gasteiger charge is 2.31. The van der Waals surface area contributed by atoms with E-state index in [1.807, 2.05) is 42.5 Å². The first-order valence-electron chi connectivity index (χ1n) is 6.94. The third-order valence-electron chi connectivity index (χ3n) is 3.83. The van der Waals surface area contributed by atoms with Gasteiger partial charge in [-0.05, 0) is 22.8 Å². The van der Waals surface area contributed by atoms with Crippen LogP contribution in [0.5, 0.6) is 0 Å². The molecule has 2 N–H and O–H groups in total. The Morgan fingerprint density at radius 1 is 1.19 bits per heavy atom. The molecule has 4 heteroatoms. The lowest BCUT2D eigenvalue weighted by molar-refractivity contribution is -0.121. The van der Waals surface area contributed by atoms with Crippen LogP contribution in [0.15, 0.2) is 48.5 Å². The average Bonchev–Trinajstić information content (AvgIpc) is 2.78. The number of halogens is 1. The largest absolute Gasteiger partial charge is 0.390 e. The summed E-state index contributed by atoms with van der Waals surface area (Å²) < 4.78 is 0. The molecular formula is C17H16ClNO2. The normalized spacial score (nSPS) is 20.1. The maximum Gasteiger partial charge on any atom is 0.225 e. The van der Waals surface area contributed by atoms with Crippen LogP contribution in [0.3, 0.4) is 0 Å². The first-order chi connectivity index (χ1) is 10.1. The van der Waals surface area contributed by atoms with Gasteiger partial charge in [-0.1, -0.05) is 54.1 Å². The molecule has 0 saturated carbocycles. The highest BCUT2D eigenvalue weighted by molar-refractivity contribution is 6.31. The number of rotatable bonds is 3. The van der Waals surface area contributed by atoms with E-state index in [1.165, 1.54) is 0 Å². The average molecular weight is 302 g/mol. The second-order valence-corrected chi connectivity index (χ2v) is 5.69. The molecule has 2 aromatic rings. The maximum atomic E-state index is 12.2. The number of aliphatic hydroxyl groups is 1. The minimum Gasteiger partial charge on any atom is -0.390 e. The standard InChI is InChI=1S/C17H16ClNO2/c18-14-8-4-2-6-12(14)10-16(21)19-17-13-7-3-1-5-11(13)9-15(17)20/h1-8,15,17,20H,9-10H2,(H,19,21)/t15-,17+/m0/s1. The molecule has 108 valence electrons. The van der Waals surface area contributed by atoms with E-state index in [4.69, 9.17) is 11.6 Å². The van der Waals surface area contributed by atoms with Crippen LogP contribution in [0.25, 0.3) is 0 Å². The molecule has 2 atom stereocenters. The molecule has 3 rings (SSSR count). The van der Waals surface area contributed by atoms with Crippen LogP contribution in [0.1, 0.15) is 22.7 Å².